The minimum atomic E-state index is -3.41. The molecule has 28 heavy (non-hydrogen) atoms. The number of nitrogens with zero attached hydrogens (tertiary/aromatic N) is 1. The number of amides is 2. The molecular formula is C18H25N3O6S. The lowest BCUT2D eigenvalue weighted by atomic mass is 10.1. The fourth-order valence-electron chi connectivity index (χ4n) is 3.13. The van der Waals surface area contributed by atoms with Gasteiger partial charge in [-0.25, -0.2) is 13.2 Å². The molecular weight excluding hydrogens is 386 g/mol. The summed E-state index contributed by atoms with van der Waals surface area (Å²) < 4.78 is 30.2. The van der Waals surface area contributed by atoms with Crippen molar-refractivity contribution < 1.29 is 27.5 Å². The van der Waals surface area contributed by atoms with Crippen molar-refractivity contribution in [2.24, 2.45) is 0 Å². The van der Waals surface area contributed by atoms with Crippen molar-refractivity contribution in [3.05, 3.63) is 29.3 Å². The van der Waals surface area contributed by atoms with Crippen molar-refractivity contribution in [3.8, 4) is 0 Å². The third-order valence-electron chi connectivity index (χ3n) is 4.28. The lowest BCUT2D eigenvalue weighted by Crippen LogP contribution is -2.46. The van der Waals surface area contributed by atoms with Crippen LogP contribution in [-0.2, 0) is 30.8 Å². The Hall–Kier alpha value is -2.62. The summed E-state index contributed by atoms with van der Waals surface area (Å²) in [7, 11) is -3.41. The molecule has 10 heteroatoms. The maximum absolute atomic E-state index is 12.2. The molecule has 154 valence electrons. The number of benzene rings is 1. The highest BCUT2D eigenvalue weighted by Crippen LogP contribution is 2.34. The van der Waals surface area contributed by atoms with Crippen LogP contribution in [0.2, 0.25) is 0 Å². The molecule has 1 aliphatic heterocycles. The van der Waals surface area contributed by atoms with Gasteiger partial charge in [-0.05, 0) is 51.0 Å². The van der Waals surface area contributed by atoms with Crippen LogP contribution in [0.4, 0.5) is 5.69 Å². The average Bonchev–Trinajstić information content (AvgIpc) is 2.94. The van der Waals surface area contributed by atoms with E-state index in [0.717, 1.165) is 11.8 Å². The number of rotatable bonds is 7. The fourth-order valence-corrected chi connectivity index (χ4v) is 4.39. The van der Waals surface area contributed by atoms with Gasteiger partial charge in [-0.2, -0.15) is 0 Å². The SMILES string of the molecule is CCNC(=O)[C@@H](C)NC(=O)COC(=O)c1ccc2c(c1)C[C@H](C)N2S(C)(=O)=O. The summed E-state index contributed by atoms with van der Waals surface area (Å²) >= 11 is 0. The van der Waals surface area contributed by atoms with Gasteiger partial charge in [0.2, 0.25) is 15.9 Å². The lowest BCUT2D eigenvalue weighted by molar-refractivity contribution is -0.130. The molecule has 0 spiro atoms. The van der Waals surface area contributed by atoms with E-state index in [1.54, 1.807) is 26.0 Å². The Morgan fingerprint density at radius 2 is 2.00 bits per heavy atom. The van der Waals surface area contributed by atoms with Gasteiger partial charge < -0.3 is 15.4 Å². The van der Waals surface area contributed by atoms with Crippen LogP contribution in [0.5, 0.6) is 0 Å². The first kappa shape index (κ1) is 21.7. The lowest BCUT2D eigenvalue weighted by Gasteiger charge is -2.21. The predicted octanol–water partition coefficient (Wildman–Crippen LogP) is 0.195. The zero-order valence-corrected chi connectivity index (χ0v) is 17.1. The van der Waals surface area contributed by atoms with Gasteiger partial charge in [-0.15, -0.1) is 0 Å². The standard InChI is InChI=1S/C18H25N3O6S/c1-5-19-17(23)12(3)20-16(22)10-27-18(24)13-6-7-15-14(9-13)8-11(2)21(15)28(4,25)26/h6-7,9,11-12H,5,8,10H2,1-4H3,(H,19,23)(H,20,22)/t11-,12+/m0/s1. The van der Waals surface area contributed by atoms with Crippen LogP contribution in [0.15, 0.2) is 18.2 Å². The van der Waals surface area contributed by atoms with Crippen molar-refractivity contribution in [2.45, 2.75) is 39.3 Å². The molecule has 0 radical (unpaired) electrons. The first-order chi connectivity index (χ1) is 13.0. The van der Waals surface area contributed by atoms with E-state index in [4.69, 9.17) is 4.74 Å². The van der Waals surface area contributed by atoms with Crippen molar-refractivity contribution in [3.63, 3.8) is 0 Å². The second-order valence-electron chi connectivity index (χ2n) is 6.72. The van der Waals surface area contributed by atoms with Crippen LogP contribution in [0.1, 0.15) is 36.7 Å². The van der Waals surface area contributed by atoms with Crippen molar-refractivity contribution in [1.29, 1.82) is 0 Å². The van der Waals surface area contributed by atoms with E-state index in [2.05, 4.69) is 10.6 Å². The Morgan fingerprint density at radius 1 is 1.32 bits per heavy atom. The number of fused-ring (bicyclic) bond motifs is 1. The van der Waals surface area contributed by atoms with E-state index in [1.165, 1.54) is 17.3 Å². The molecule has 1 aromatic rings. The Kier molecular flexibility index (Phi) is 6.65. The Labute approximate surface area is 164 Å². The number of anilines is 1. The van der Waals surface area contributed by atoms with E-state index in [9.17, 15) is 22.8 Å². The summed E-state index contributed by atoms with van der Waals surface area (Å²) in [6, 6.07) is 3.63. The highest BCUT2D eigenvalue weighted by molar-refractivity contribution is 7.92. The number of carbonyl (C=O) groups is 3. The monoisotopic (exact) mass is 411 g/mol. The maximum atomic E-state index is 12.2. The van der Waals surface area contributed by atoms with Gasteiger partial charge in [0.15, 0.2) is 6.61 Å². The minimum absolute atomic E-state index is 0.228. The summed E-state index contributed by atoms with van der Waals surface area (Å²) in [5.74, 6) is -1.62. The van der Waals surface area contributed by atoms with E-state index < -0.39 is 34.5 Å². The molecule has 0 aromatic heterocycles. The van der Waals surface area contributed by atoms with Gasteiger partial charge >= 0.3 is 5.97 Å². The third kappa shape index (κ3) is 5.00. The van der Waals surface area contributed by atoms with Crippen LogP contribution in [0.3, 0.4) is 0 Å². The largest absolute Gasteiger partial charge is 0.452 e. The second-order valence-corrected chi connectivity index (χ2v) is 8.57. The number of hydrogen-bond donors (Lipinski definition) is 2. The number of ether oxygens (including phenoxy) is 1. The van der Waals surface area contributed by atoms with Gasteiger partial charge in [-0.3, -0.25) is 13.9 Å². The van der Waals surface area contributed by atoms with Gasteiger partial charge in [0, 0.05) is 12.6 Å². The number of carbonyl (C=O) groups excluding carboxylic acids is 3. The summed E-state index contributed by atoms with van der Waals surface area (Å²) in [6.45, 7) is 5.01. The van der Waals surface area contributed by atoms with E-state index >= 15 is 0 Å². The Balaban J connectivity index is 1.98. The zero-order valence-electron chi connectivity index (χ0n) is 16.3. The Morgan fingerprint density at radius 3 is 2.61 bits per heavy atom. The van der Waals surface area contributed by atoms with Gasteiger partial charge in [-0.1, -0.05) is 0 Å². The maximum Gasteiger partial charge on any atom is 0.338 e. The van der Waals surface area contributed by atoms with Gasteiger partial charge in [0.1, 0.15) is 6.04 Å². The van der Waals surface area contributed by atoms with E-state index in [0.29, 0.717) is 18.7 Å². The average molecular weight is 411 g/mol. The third-order valence-corrected chi connectivity index (χ3v) is 5.55. The number of nitrogens with one attached hydrogen (secondary N) is 2. The Bertz CT molecular complexity index is 883. The number of likely N-dealkylation sites (N-methyl/N-ethyl adjacent to an activating group) is 1. The molecule has 1 aliphatic rings. The molecule has 2 rings (SSSR count). The highest BCUT2D eigenvalue weighted by Gasteiger charge is 2.33. The molecule has 0 saturated heterocycles. The molecule has 9 nitrogen and oxygen atoms in total. The quantitative estimate of drug-likeness (QED) is 0.618. The molecule has 2 atom stereocenters. The van der Waals surface area contributed by atoms with Crippen LogP contribution in [0.25, 0.3) is 0 Å². The predicted molar refractivity (Wildman–Crippen MR) is 104 cm³/mol. The molecule has 0 saturated carbocycles. The molecule has 0 aliphatic carbocycles. The molecule has 1 aromatic carbocycles. The highest BCUT2D eigenvalue weighted by atomic mass is 32.2. The summed E-state index contributed by atoms with van der Waals surface area (Å²) in [5.41, 5.74) is 1.49. The number of hydrogen-bond acceptors (Lipinski definition) is 6. The van der Waals surface area contributed by atoms with Crippen molar-refractivity contribution >= 4 is 33.5 Å². The van der Waals surface area contributed by atoms with Crippen LogP contribution in [-0.4, -0.2) is 57.7 Å². The van der Waals surface area contributed by atoms with E-state index in [-0.39, 0.29) is 17.5 Å². The zero-order chi connectivity index (χ0) is 21.1. The molecule has 0 fully saturated rings. The van der Waals surface area contributed by atoms with E-state index in [1.807, 2.05) is 0 Å². The molecule has 2 amide bonds. The molecule has 2 N–H and O–H groups in total. The van der Waals surface area contributed by atoms with Gasteiger partial charge in [0.05, 0.1) is 17.5 Å². The topological polar surface area (TPSA) is 122 Å². The van der Waals surface area contributed by atoms with Crippen LogP contribution >= 0.6 is 0 Å². The van der Waals surface area contributed by atoms with Crippen molar-refractivity contribution in [1.82, 2.24) is 10.6 Å². The normalized spacial score (nSPS) is 16.9. The van der Waals surface area contributed by atoms with Gasteiger partial charge in [0.25, 0.3) is 5.91 Å². The minimum Gasteiger partial charge on any atom is -0.452 e. The molecule has 0 unspecified atom stereocenters. The summed E-state index contributed by atoms with van der Waals surface area (Å²) in [5, 5.41) is 5.01. The number of esters is 1. The first-order valence-corrected chi connectivity index (χ1v) is 10.8. The number of sulfonamides is 1. The van der Waals surface area contributed by atoms with Crippen LogP contribution < -0.4 is 14.9 Å². The first-order valence-electron chi connectivity index (χ1n) is 8.91. The molecule has 1 heterocycles. The second kappa shape index (κ2) is 8.59. The molecule has 0 bridgehead atoms. The fraction of sp³-hybridized carbons (Fsp3) is 0.500. The summed E-state index contributed by atoms with van der Waals surface area (Å²) in [4.78, 5) is 35.6. The van der Waals surface area contributed by atoms with Crippen LogP contribution in [0, 0.1) is 0 Å². The summed E-state index contributed by atoms with van der Waals surface area (Å²) in [6.07, 6.45) is 1.62. The smallest absolute Gasteiger partial charge is 0.338 e. The van der Waals surface area contributed by atoms with Crippen molar-refractivity contribution in [2.75, 3.05) is 23.7 Å².